The van der Waals surface area contributed by atoms with Crippen LogP contribution in [0.2, 0.25) is 0 Å². The van der Waals surface area contributed by atoms with E-state index in [1.54, 1.807) is 0 Å². The fraction of sp³-hybridized carbons (Fsp3) is 0.836. The maximum atomic E-state index is 13.1. The Kier molecular flexibility index (Phi) is 46.4. The maximum absolute atomic E-state index is 13.1. The van der Waals surface area contributed by atoms with Crippen LogP contribution in [0.3, 0.4) is 0 Å². The van der Waals surface area contributed by atoms with Crippen LogP contribution in [0.5, 0.6) is 0 Å². The molecule has 1 rings (SSSR count). The van der Waals surface area contributed by atoms with E-state index in [4.69, 9.17) is 23.7 Å². The first-order valence-electron chi connectivity index (χ1n) is 30.0. The van der Waals surface area contributed by atoms with Gasteiger partial charge in [-0.3, -0.25) is 14.4 Å². The molecule has 0 radical (unpaired) electrons. The number of aliphatic hydroxyl groups is 2. The van der Waals surface area contributed by atoms with Crippen molar-refractivity contribution in [1.29, 1.82) is 0 Å². The molecular formula is C61H108O12. The number of carboxylic acid groups (broad SMARTS) is 1. The SMILES string of the molecule is CCCC/C=C\CCCCCCCC(=O)OC1C(OCC(COC(=O)CCCCCCCCCCC/C=C\CCCCCCCC)OC(=O)CCCCCCC/C=C\CCCCCC)OC(C(=O)O)C(O)C1O. The molecule has 424 valence electrons. The van der Waals surface area contributed by atoms with E-state index < -0.39 is 67.3 Å². The van der Waals surface area contributed by atoms with Gasteiger partial charge in [-0.25, -0.2) is 4.79 Å². The van der Waals surface area contributed by atoms with Crippen molar-refractivity contribution in [3.63, 3.8) is 0 Å². The van der Waals surface area contributed by atoms with Crippen LogP contribution in [0.4, 0.5) is 0 Å². The van der Waals surface area contributed by atoms with Crippen molar-refractivity contribution in [3.8, 4) is 0 Å². The van der Waals surface area contributed by atoms with Gasteiger partial charge in [-0.1, -0.05) is 205 Å². The Morgan fingerprint density at radius 3 is 1.22 bits per heavy atom. The Morgan fingerprint density at radius 1 is 0.438 bits per heavy atom. The summed E-state index contributed by atoms with van der Waals surface area (Å²) in [5, 5.41) is 31.4. The normalized spacial score (nSPS) is 18.5. The lowest BCUT2D eigenvalue weighted by Crippen LogP contribution is -2.61. The van der Waals surface area contributed by atoms with Crippen molar-refractivity contribution in [2.45, 2.75) is 314 Å². The number of rotatable bonds is 51. The highest BCUT2D eigenvalue weighted by Gasteiger charge is 2.50. The molecule has 0 saturated carbocycles. The minimum Gasteiger partial charge on any atom is -0.479 e. The Labute approximate surface area is 444 Å². The van der Waals surface area contributed by atoms with Gasteiger partial charge in [-0.05, 0) is 89.9 Å². The van der Waals surface area contributed by atoms with Crippen LogP contribution in [0.15, 0.2) is 36.5 Å². The molecule has 73 heavy (non-hydrogen) atoms. The first-order chi connectivity index (χ1) is 35.6. The van der Waals surface area contributed by atoms with Crippen molar-refractivity contribution in [2.24, 2.45) is 0 Å². The Hall–Kier alpha value is -3.06. The molecule has 6 atom stereocenters. The number of aliphatic carboxylic acids is 1. The summed E-state index contributed by atoms with van der Waals surface area (Å²) in [5.74, 6) is -3.13. The lowest BCUT2D eigenvalue weighted by Gasteiger charge is -2.40. The molecule has 1 heterocycles. The second kappa shape index (κ2) is 49.8. The van der Waals surface area contributed by atoms with E-state index in [9.17, 15) is 34.5 Å². The molecule has 0 bridgehead atoms. The van der Waals surface area contributed by atoms with Gasteiger partial charge in [0.25, 0.3) is 0 Å². The molecule has 0 aromatic heterocycles. The molecule has 0 aromatic rings. The van der Waals surface area contributed by atoms with Crippen molar-refractivity contribution < 1.29 is 58.2 Å². The lowest BCUT2D eigenvalue weighted by atomic mass is 9.98. The smallest absolute Gasteiger partial charge is 0.335 e. The van der Waals surface area contributed by atoms with E-state index in [2.05, 4.69) is 57.2 Å². The second-order valence-electron chi connectivity index (χ2n) is 20.6. The second-order valence-corrected chi connectivity index (χ2v) is 20.6. The largest absolute Gasteiger partial charge is 0.479 e. The zero-order valence-corrected chi connectivity index (χ0v) is 46.6. The Morgan fingerprint density at radius 2 is 0.795 bits per heavy atom. The molecular weight excluding hydrogens is 925 g/mol. The van der Waals surface area contributed by atoms with Gasteiger partial charge in [0.1, 0.15) is 18.8 Å². The average Bonchev–Trinajstić information content (AvgIpc) is 3.37. The van der Waals surface area contributed by atoms with Crippen LogP contribution < -0.4 is 0 Å². The first-order valence-corrected chi connectivity index (χ1v) is 30.0. The van der Waals surface area contributed by atoms with Gasteiger partial charge in [0.05, 0.1) is 6.61 Å². The summed E-state index contributed by atoms with van der Waals surface area (Å²) in [5.41, 5.74) is 0. The summed E-state index contributed by atoms with van der Waals surface area (Å²) in [6, 6.07) is 0. The first kappa shape index (κ1) is 68.0. The topological polar surface area (TPSA) is 175 Å². The van der Waals surface area contributed by atoms with Gasteiger partial charge in [0, 0.05) is 19.3 Å². The molecule has 0 spiro atoms. The third-order valence-corrected chi connectivity index (χ3v) is 13.7. The highest BCUT2D eigenvalue weighted by molar-refractivity contribution is 5.74. The van der Waals surface area contributed by atoms with Crippen molar-refractivity contribution >= 4 is 23.9 Å². The van der Waals surface area contributed by atoms with Crippen molar-refractivity contribution in [1.82, 2.24) is 0 Å². The third-order valence-electron chi connectivity index (χ3n) is 13.7. The number of carboxylic acids is 1. The molecule has 1 aliphatic rings. The summed E-state index contributed by atoms with van der Waals surface area (Å²) < 4.78 is 28.4. The van der Waals surface area contributed by atoms with E-state index in [-0.39, 0.29) is 25.9 Å². The zero-order chi connectivity index (χ0) is 53.3. The van der Waals surface area contributed by atoms with E-state index in [1.807, 2.05) is 0 Å². The zero-order valence-electron chi connectivity index (χ0n) is 46.6. The van der Waals surface area contributed by atoms with Gasteiger partial charge < -0.3 is 39.0 Å². The molecule has 12 heteroatoms. The van der Waals surface area contributed by atoms with Crippen LogP contribution in [-0.2, 0) is 42.9 Å². The molecule has 0 aromatic carbocycles. The number of hydrogen-bond donors (Lipinski definition) is 3. The number of aliphatic hydroxyl groups excluding tert-OH is 2. The number of hydrogen-bond acceptors (Lipinski definition) is 11. The molecule has 1 saturated heterocycles. The number of allylic oxidation sites excluding steroid dienone is 6. The summed E-state index contributed by atoms with van der Waals surface area (Å²) in [6.07, 6.45) is 45.5. The molecule has 1 aliphatic heterocycles. The quantitative estimate of drug-likeness (QED) is 0.0228. The van der Waals surface area contributed by atoms with Crippen LogP contribution in [0, 0.1) is 0 Å². The molecule has 0 aliphatic carbocycles. The Bertz CT molecular complexity index is 1410. The van der Waals surface area contributed by atoms with Gasteiger partial charge in [0.2, 0.25) is 0 Å². The fourth-order valence-corrected chi connectivity index (χ4v) is 8.99. The predicted molar refractivity (Wildman–Crippen MR) is 294 cm³/mol. The average molecular weight is 1030 g/mol. The van der Waals surface area contributed by atoms with Crippen molar-refractivity contribution in [2.75, 3.05) is 13.2 Å². The van der Waals surface area contributed by atoms with Gasteiger partial charge in [-0.2, -0.15) is 0 Å². The number of carbonyl (C=O) groups excluding carboxylic acids is 3. The number of ether oxygens (including phenoxy) is 5. The fourth-order valence-electron chi connectivity index (χ4n) is 8.99. The molecule has 1 fully saturated rings. The van der Waals surface area contributed by atoms with E-state index in [0.29, 0.717) is 19.3 Å². The molecule has 3 N–H and O–H groups in total. The summed E-state index contributed by atoms with van der Waals surface area (Å²) in [4.78, 5) is 51.0. The van der Waals surface area contributed by atoms with Crippen LogP contribution in [0.25, 0.3) is 0 Å². The van der Waals surface area contributed by atoms with Gasteiger partial charge in [0.15, 0.2) is 24.6 Å². The van der Waals surface area contributed by atoms with Gasteiger partial charge >= 0.3 is 23.9 Å². The molecule has 0 amide bonds. The monoisotopic (exact) mass is 1030 g/mol. The number of unbranched alkanes of at least 4 members (excludes halogenated alkanes) is 31. The minimum absolute atomic E-state index is 0.0510. The highest BCUT2D eigenvalue weighted by Crippen LogP contribution is 2.26. The highest BCUT2D eigenvalue weighted by atomic mass is 16.7. The summed E-state index contributed by atoms with van der Waals surface area (Å²) in [6.45, 7) is 5.93. The lowest BCUT2D eigenvalue weighted by molar-refractivity contribution is -0.301. The van der Waals surface area contributed by atoms with Crippen LogP contribution >= 0.6 is 0 Å². The molecule has 12 nitrogen and oxygen atoms in total. The summed E-state index contributed by atoms with van der Waals surface area (Å²) >= 11 is 0. The van der Waals surface area contributed by atoms with Gasteiger partial charge in [-0.15, -0.1) is 0 Å². The third kappa shape index (κ3) is 39.9. The number of carbonyl (C=O) groups is 4. The van der Waals surface area contributed by atoms with E-state index in [1.165, 1.54) is 122 Å². The minimum atomic E-state index is -1.90. The van der Waals surface area contributed by atoms with Crippen LogP contribution in [-0.4, -0.2) is 89.2 Å². The molecule has 6 unspecified atom stereocenters. The van der Waals surface area contributed by atoms with E-state index in [0.717, 1.165) is 96.3 Å². The number of esters is 3. The predicted octanol–water partition coefficient (Wildman–Crippen LogP) is 15.2. The standard InChI is InChI=1S/C61H108O12/c1-4-7-10-13-16-19-22-24-25-26-27-28-29-31-33-35-38-41-44-47-53(62)69-50-52(71-54(63)48-45-42-39-37-34-30-23-20-17-14-11-8-5-2)51-70-61-59(57(66)56(65)58(73-61)60(67)68)72-55(64)49-46-43-40-36-32-21-18-15-12-9-6-3/h15,18,20,23-25,52,56-59,61,65-66H,4-14,16-17,19,21-22,26-51H2,1-3H3,(H,67,68)/b18-15-,23-20-,25-24-. The van der Waals surface area contributed by atoms with E-state index >= 15 is 0 Å². The van der Waals surface area contributed by atoms with Crippen LogP contribution in [0.1, 0.15) is 278 Å². The Balaban J connectivity index is 2.66. The maximum Gasteiger partial charge on any atom is 0.335 e. The van der Waals surface area contributed by atoms with Crippen molar-refractivity contribution in [3.05, 3.63) is 36.5 Å². The summed E-state index contributed by atoms with van der Waals surface area (Å²) in [7, 11) is 0.